The Kier molecular flexibility index (Phi) is 4.41. The van der Waals surface area contributed by atoms with Crippen LogP contribution < -0.4 is 10.6 Å². The summed E-state index contributed by atoms with van der Waals surface area (Å²) in [6.45, 7) is 1.05. The van der Waals surface area contributed by atoms with Crippen molar-refractivity contribution in [3.05, 3.63) is 64.7 Å². The lowest BCUT2D eigenvalue weighted by atomic mass is 9.97. The highest BCUT2D eigenvalue weighted by atomic mass is 35.5. The number of hydrogen-bond acceptors (Lipinski definition) is 2. The first kappa shape index (κ1) is 15.0. The lowest BCUT2D eigenvalue weighted by Crippen LogP contribution is -2.13. The van der Waals surface area contributed by atoms with Gasteiger partial charge in [-0.05, 0) is 42.0 Å². The Morgan fingerprint density at radius 2 is 1.77 bits per heavy atom. The number of benzene rings is 2. The third kappa shape index (κ3) is 3.29. The number of nitrogens with one attached hydrogen (secondary N) is 2. The van der Waals surface area contributed by atoms with Crippen LogP contribution in [0, 0.1) is 0 Å². The number of rotatable bonds is 3. The van der Waals surface area contributed by atoms with Gasteiger partial charge in [0.05, 0.1) is 0 Å². The van der Waals surface area contributed by atoms with Gasteiger partial charge < -0.3 is 10.6 Å². The third-order valence-electron chi connectivity index (χ3n) is 3.84. The van der Waals surface area contributed by atoms with Gasteiger partial charge in [0.15, 0.2) is 0 Å². The van der Waals surface area contributed by atoms with Gasteiger partial charge in [0.1, 0.15) is 6.17 Å². The molecule has 1 amide bonds. The van der Waals surface area contributed by atoms with Gasteiger partial charge in [0, 0.05) is 35.3 Å². The van der Waals surface area contributed by atoms with E-state index in [9.17, 15) is 9.18 Å². The predicted octanol–water partition coefficient (Wildman–Crippen LogP) is 3.62. The first-order chi connectivity index (χ1) is 10.6. The Morgan fingerprint density at radius 3 is 2.36 bits per heavy atom. The number of hydrogen-bond donors (Lipinski definition) is 2. The molecule has 3 nitrogen and oxygen atoms in total. The Bertz CT molecular complexity index is 657. The van der Waals surface area contributed by atoms with Gasteiger partial charge in [-0.3, -0.25) is 4.79 Å². The lowest BCUT2D eigenvalue weighted by Gasteiger charge is -2.13. The van der Waals surface area contributed by atoms with E-state index < -0.39 is 6.17 Å². The molecule has 0 aliphatic carbocycles. The third-order valence-corrected chi connectivity index (χ3v) is 4.10. The molecule has 0 saturated carbocycles. The summed E-state index contributed by atoms with van der Waals surface area (Å²) < 4.78 is 13.7. The molecule has 114 valence electrons. The summed E-state index contributed by atoms with van der Waals surface area (Å²) in [5, 5.41) is 6.44. The molecular weight excluding hydrogens is 303 g/mol. The van der Waals surface area contributed by atoms with E-state index in [2.05, 4.69) is 10.6 Å². The van der Waals surface area contributed by atoms with E-state index in [4.69, 9.17) is 11.6 Å². The maximum Gasteiger partial charge on any atom is 0.255 e. The van der Waals surface area contributed by atoms with Crippen molar-refractivity contribution in [3.8, 4) is 0 Å². The normalized spacial score (nSPS) is 20.8. The highest BCUT2D eigenvalue weighted by Gasteiger charge is 2.27. The van der Waals surface area contributed by atoms with Crippen LogP contribution in [0.3, 0.4) is 0 Å². The molecule has 1 heterocycles. The summed E-state index contributed by atoms with van der Waals surface area (Å²) in [4.78, 5) is 12.1. The predicted molar refractivity (Wildman–Crippen MR) is 86.4 cm³/mol. The van der Waals surface area contributed by atoms with Gasteiger partial charge in [-0.15, -0.1) is 0 Å². The minimum atomic E-state index is -0.852. The van der Waals surface area contributed by atoms with Crippen LogP contribution in [-0.2, 0) is 0 Å². The molecule has 0 unspecified atom stereocenters. The van der Waals surface area contributed by atoms with E-state index in [-0.39, 0.29) is 11.8 Å². The number of amides is 1. The van der Waals surface area contributed by atoms with Crippen LogP contribution in [0.2, 0.25) is 5.02 Å². The molecule has 1 aliphatic rings. The molecule has 3 rings (SSSR count). The molecule has 2 atom stereocenters. The van der Waals surface area contributed by atoms with Gasteiger partial charge in [0.2, 0.25) is 0 Å². The van der Waals surface area contributed by atoms with Crippen LogP contribution >= 0.6 is 11.6 Å². The molecule has 1 fully saturated rings. The fourth-order valence-electron chi connectivity index (χ4n) is 2.59. The van der Waals surface area contributed by atoms with E-state index in [1.54, 1.807) is 36.4 Å². The van der Waals surface area contributed by atoms with Crippen molar-refractivity contribution in [2.75, 3.05) is 18.4 Å². The minimum Gasteiger partial charge on any atom is -0.322 e. The van der Waals surface area contributed by atoms with E-state index in [0.29, 0.717) is 29.4 Å². The average molecular weight is 319 g/mol. The lowest BCUT2D eigenvalue weighted by molar-refractivity contribution is 0.102. The minimum absolute atomic E-state index is 0.110. The van der Waals surface area contributed by atoms with Crippen LogP contribution in [0.4, 0.5) is 10.1 Å². The molecule has 0 bridgehead atoms. The molecule has 2 N–H and O–H groups in total. The first-order valence-corrected chi connectivity index (χ1v) is 7.53. The van der Waals surface area contributed by atoms with E-state index in [0.717, 1.165) is 5.56 Å². The monoisotopic (exact) mass is 318 g/mol. The number of alkyl halides is 1. The Labute approximate surface area is 133 Å². The largest absolute Gasteiger partial charge is 0.322 e. The zero-order chi connectivity index (χ0) is 15.5. The van der Waals surface area contributed by atoms with Crippen LogP contribution in [-0.4, -0.2) is 25.2 Å². The van der Waals surface area contributed by atoms with Gasteiger partial charge in [-0.2, -0.15) is 0 Å². The van der Waals surface area contributed by atoms with Crippen LogP contribution in [0.5, 0.6) is 0 Å². The second-order valence-corrected chi connectivity index (χ2v) is 5.80. The van der Waals surface area contributed by atoms with E-state index in [1.807, 2.05) is 12.1 Å². The van der Waals surface area contributed by atoms with Crippen LogP contribution in [0.15, 0.2) is 48.5 Å². The molecule has 5 heteroatoms. The smallest absolute Gasteiger partial charge is 0.255 e. The first-order valence-electron chi connectivity index (χ1n) is 7.15. The molecule has 0 aromatic heterocycles. The van der Waals surface area contributed by atoms with Gasteiger partial charge >= 0.3 is 0 Å². The maximum atomic E-state index is 13.7. The quantitative estimate of drug-likeness (QED) is 0.907. The van der Waals surface area contributed by atoms with Crippen LogP contribution in [0.1, 0.15) is 21.8 Å². The fourth-order valence-corrected chi connectivity index (χ4v) is 2.72. The van der Waals surface area contributed by atoms with Crippen molar-refractivity contribution >= 4 is 23.2 Å². The Hall–Kier alpha value is -1.91. The Morgan fingerprint density at radius 1 is 1.09 bits per heavy atom. The summed E-state index contributed by atoms with van der Waals surface area (Å²) >= 11 is 5.80. The summed E-state index contributed by atoms with van der Waals surface area (Å²) in [5.41, 5.74) is 2.17. The SMILES string of the molecule is O=C(Nc1ccc([C@@H]2CNC[C@@H]2F)cc1)c1ccc(Cl)cc1. The molecule has 2 aromatic carbocycles. The topological polar surface area (TPSA) is 41.1 Å². The van der Waals surface area contributed by atoms with Gasteiger partial charge in [-0.25, -0.2) is 4.39 Å². The van der Waals surface area contributed by atoms with Crippen LogP contribution in [0.25, 0.3) is 0 Å². The second kappa shape index (κ2) is 6.46. The average Bonchev–Trinajstić information content (AvgIpc) is 2.95. The molecule has 1 saturated heterocycles. The molecule has 2 aromatic rings. The van der Waals surface area contributed by atoms with Gasteiger partial charge in [-0.1, -0.05) is 23.7 Å². The van der Waals surface area contributed by atoms with Crippen molar-refractivity contribution in [1.82, 2.24) is 5.32 Å². The van der Waals surface area contributed by atoms with Crippen molar-refractivity contribution in [1.29, 1.82) is 0 Å². The second-order valence-electron chi connectivity index (χ2n) is 5.36. The highest BCUT2D eigenvalue weighted by Crippen LogP contribution is 2.26. The van der Waals surface area contributed by atoms with Crippen molar-refractivity contribution < 1.29 is 9.18 Å². The molecule has 1 aliphatic heterocycles. The van der Waals surface area contributed by atoms with E-state index in [1.165, 1.54) is 0 Å². The van der Waals surface area contributed by atoms with Crippen molar-refractivity contribution in [2.45, 2.75) is 12.1 Å². The Balaban J connectivity index is 1.68. The zero-order valence-electron chi connectivity index (χ0n) is 11.9. The molecule has 0 radical (unpaired) electrons. The highest BCUT2D eigenvalue weighted by molar-refractivity contribution is 6.30. The van der Waals surface area contributed by atoms with Crippen molar-refractivity contribution in [2.24, 2.45) is 0 Å². The summed E-state index contributed by atoms with van der Waals surface area (Å²) in [6, 6.07) is 14.0. The van der Waals surface area contributed by atoms with Gasteiger partial charge in [0.25, 0.3) is 5.91 Å². The number of halogens is 2. The standard InChI is InChI=1S/C17H16ClFN2O/c18-13-5-1-12(2-6-13)17(22)21-14-7-3-11(4-8-14)15-9-20-10-16(15)19/h1-8,15-16,20H,9-10H2,(H,21,22)/t15-,16-/m0/s1. The zero-order valence-corrected chi connectivity index (χ0v) is 12.6. The molecular formula is C17H16ClFN2O. The maximum absolute atomic E-state index is 13.7. The molecule has 22 heavy (non-hydrogen) atoms. The van der Waals surface area contributed by atoms with E-state index >= 15 is 0 Å². The summed E-state index contributed by atoms with van der Waals surface area (Å²) in [5.74, 6) is -0.309. The number of carbonyl (C=O) groups is 1. The fraction of sp³-hybridized carbons (Fsp3) is 0.235. The van der Waals surface area contributed by atoms with Crippen molar-refractivity contribution in [3.63, 3.8) is 0 Å². The number of anilines is 1. The summed E-state index contributed by atoms with van der Waals surface area (Å²) in [7, 11) is 0. The number of carbonyl (C=O) groups excluding carboxylic acids is 1. The molecule has 0 spiro atoms. The summed E-state index contributed by atoms with van der Waals surface area (Å²) in [6.07, 6.45) is -0.852.